The summed E-state index contributed by atoms with van der Waals surface area (Å²) >= 11 is 0. The average molecular weight is 294 g/mol. The van der Waals surface area contributed by atoms with Gasteiger partial charge in [-0.2, -0.15) is 0 Å². The van der Waals surface area contributed by atoms with E-state index >= 15 is 0 Å². The molecule has 3 rings (SSSR count). The minimum atomic E-state index is -0.864. The van der Waals surface area contributed by atoms with Crippen molar-refractivity contribution in [2.45, 2.75) is 25.4 Å². The lowest BCUT2D eigenvalue weighted by Crippen LogP contribution is -2.28. The van der Waals surface area contributed by atoms with E-state index < -0.39 is 6.10 Å². The molecule has 112 valence electrons. The van der Waals surface area contributed by atoms with Crippen LogP contribution in [0.1, 0.15) is 41.3 Å². The molecule has 0 N–H and O–H groups in total. The zero-order valence-electron chi connectivity index (χ0n) is 12.3. The van der Waals surface area contributed by atoms with E-state index in [2.05, 4.69) is 0 Å². The minimum Gasteiger partial charge on any atom is -0.449 e. The van der Waals surface area contributed by atoms with Crippen LogP contribution in [-0.2, 0) is 9.53 Å². The summed E-state index contributed by atoms with van der Waals surface area (Å²) in [6.45, 7) is 0. The first-order valence-corrected chi connectivity index (χ1v) is 7.60. The van der Waals surface area contributed by atoms with E-state index in [0.717, 1.165) is 19.3 Å². The molecule has 0 radical (unpaired) electrons. The Labute approximate surface area is 129 Å². The number of carbonyl (C=O) groups is 2. The van der Waals surface area contributed by atoms with Crippen LogP contribution in [0.2, 0.25) is 0 Å². The summed E-state index contributed by atoms with van der Waals surface area (Å²) in [6.07, 6.45) is 1.92. The molecular weight excluding hydrogens is 276 g/mol. The highest BCUT2D eigenvalue weighted by molar-refractivity contribution is 6.01. The molecule has 1 fully saturated rings. The van der Waals surface area contributed by atoms with Crippen molar-refractivity contribution in [2.24, 2.45) is 5.92 Å². The Morgan fingerprint density at radius 2 is 1.50 bits per heavy atom. The molecule has 1 saturated carbocycles. The van der Waals surface area contributed by atoms with Crippen molar-refractivity contribution in [2.75, 3.05) is 0 Å². The van der Waals surface area contributed by atoms with E-state index in [1.807, 2.05) is 48.5 Å². The molecular formula is C19H18O3. The van der Waals surface area contributed by atoms with E-state index in [0.29, 0.717) is 11.1 Å². The van der Waals surface area contributed by atoms with Crippen LogP contribution in [0.5, 0.6) is 0 Å². The first-order valence-electron chi connectivity index (χ1n) is 7.60. The SMILES string of the molecule is O=C(OC(C(=O)c1ccccc1)c1ccccc1)C1CCC1. The summed E-state index contributed by atoms with van der Waals surface area (Å²) in [4.78, 5) is 24.9. The van der Waals surface area contributed by atoms with Crippen LogP contribution in [0.3, 0.4) is 0 Å². The zero-order chi connectivity index (χ0) is 15.4. The second-order valence-corrected chi connectivity index (χ2v) is 5.59. The first-order chi connectivity index (χ1) is 10.8. The molecule has 0 heterocycles. The molecule has 1 unspecified atom stereocenters. The number of carbonyl (C=O) groups excluding carboxylic acids is 2. The molecule has 0 aliphatic heterocycles. The summed E-state index contributed by atoms with van der Waals surface area (Å²) in [5.74, 6) is -0.487. The Morgan fingerprint density at radius 3 is 2.05 bits per heavy atom. The molecule has 1 atom stereocenters. The number of ketones is 1. The Bertz CT molecular complexity index is 645. The molecule has 2 aromatic rings. The van der Waals surface area contributed by atoms with Gasteiger partial charge in [-0.15, -0.1) is 0 Å². The largest absolute Gasteiger partial charge is 0.449 e. The van der Waals surface area contributed by atoms with Crippen molar-refractivity contribution >= 4 is 11.8 Å². The third kappa shape index (κ3) is 3.08. The quantitative estimate of drug-likeness (QED) is 0.619. The van der Waals surface area contributed by atoms with Gasteiger partial charge in [-0.05, 0) is 12.8 Å². The summed E-state index contributed by atoms with van der Waals surface area (Å²) in [6, 6.07) is 18.2. The topological polar surface area (TPSA) is 43.4 Å². The van der Waals surface area contributed by atoms with Crippen LogP contribution < -0.4 is 0 Å². The number of hydrogen-bond acceptors (Lipinski definition) is 3. The average Bonchev–Trinajstić information content (AvgIpc) is 2.52. The van der Waals surface area contributed by atoms with Crippen molar-refractivity contribution in [3.63, 3.8) is 0 Å². The van der Waals surface area contributed by atoms with Crippen LogP contribution in [0.25, 0.3) is 0 Å². The molecule has 1 aliphatic rings. The third-order valence-electron chi connectivity index (χ3n) is 4.07. The fourth-order valence-electron chi connectivity index (χ4n) is 2.51. The van der Waals surface area contributed by atoms with Crippen LogP contribution >= 0.6 is 0 Å². The Morgan fingerprint density at radius 1 is 0.909 bits per heavy atom. The lowest BCUT2D eigenvalue weighted by atomic mass is 9.85. The molecule has 22 heavy (non-hydrogen) atoms. The van der Waals surface area contributed by atoms with E-state index in [1.165, 1.54) is 0 Å². The number of Topliss-reactive ketones (excluding diaryl/α,β-unsaturated/α-hetero) is 1. The summed E-state index contributed by atoms with van der Waals surface area (Å²) in [7, 11) is 0. The molecule has 0 bridgehead atoms. The van der Waals surface area contributed by atoms with Gasteiger partial charge in [-0.3, -0.25) is 9.59 Å². The number of benzene rings is 2. The lowest BCUT2D eigenvalue weighted by Gasteiger charge is -2.26. The standard InChI is InChI=1S/C19H18O3/c20-17(14-8-3-1-4-9-14)18(15-10-5-2-6-11-15)22-19(21)16-12-7-13-16/h1-6,8-11,16,18H,7,12-13H2. The second-order valence-electron chi connectivity index (χ2n) is 5.59. The number of hydrogen-bond donors (Lipinski definition) is 0. The van der Waals surface area contributed by atoms with Gasteiger partial charge in [0, 0.05) is 11.1 Å². The highest BCUT2D eigenvalue weighted by Crippen LogP contribution is 2.31. The molecule has 0 saturated heterocycles. The maximum atomic E-state index is 12.7. The van der Waals surface area contributed by atoms with Crippen molar-refractivity contribution in [3.8, 4) is 0 Å². The number of ether oxygens (including phenoxy) is 1. The first kappa shape index (κ1) is 14.5. The van der Waals surface area contributed by atoms with Gasteiger partial charge in [-0.25, -0.2) is 0 Å². The van der Waals surface area contributed by atoms with Gasteiger partial charge >= 0.3 is 5.97 Å². The van der Waals surface area contributed by atoms with Crippen molar-refractivity contribution in [1.82, 2.24) is 0 Å². The monoisotopic (exact) mass is 294 g/mol. The van der Waals surface area contributed by atoms with Crippen molar-refractivity contribution < 1.29 is 14.3 Å². The normalized spacial score (nSPS) is 15.6. The van der Waals surface area contributed by atoms with Gasteiger partial charge in [0.05, 0.1) is 5.92 Å². The molecule has 3 heteroatoms. The van der Waals surface area contributed by atoms with Crippen molar-refractivity contribution in [3.05, 3.63) is 71.8 Å². The maximum Gasteiger partial charge on any atom is 0.310 e. The maximum absolute atomic E-state index is 12.7. The fourth-order valence-corrected chi connectivity index (χ4v) is 2.51. The highest BCUT2D eigenvalue weighted by atomic mass is 16.5. The van der Waals surface area contributed by atoms with E-state index in [9.17, 15) is 9.59 Å². The number of rotatable bonds is 5. The second kappa shape index (κ2) is 6.56. The zero-order valence-corrected chi connectivity index (χ0v) is 12.3. The van der Waals surface area contributed by atoms with Crippen LogP contribution in [0.15, 0.2) is 60.7 Å². The van der Waals surface area contributed by atoms with Gasteiger partial charge < -0.3 is 4.74 Å². The lowest BCUT2D eigenvalue weighted by molar-refractivity contribution is -0.155. The molecule has 0 amide bonds. The van der Waals surface area contributed by atoms with E-state index in [1.54, 1.807) is 12.1 Å². The van der Waals surface area contributed by atoms with E-state index in [-0.39, 0.29) is 17.7 Å². The van der Waals surface area contributed by atoms with Gasteiger partial charge in [0.15, 0.2) is 6.10 Å². The van der Waals surface area contributed by atoms with Gasteiger partial charge in [0.2, 0.25) is 5.78 Å². The molecule has 0 aromatic heterocycles. The van der Waals surface area contributed by atoms with Crippen molar-refractivity contribution in [1.29, 1.82) is 0 Å². The predicted octanol–water partition coefficient (Wildman–Crippen LogP) is 3.95. The molecule has 1 aliphatic carbocycles. The summed E-state index contributed by atoms with van der Waals surface area (Å²) in [5, 5.41) is 0. The van der Waals surface area contributed by atoms with Gasteiger partial charge in [0.1, 0.15) is 0 Å². The van der Waals surface area contributed by atoms with Gasteiger partial charge in [0.25, 0.3) is 0 Å². The predicted molar refractivity (Wildman–Crippen MR) is 83.4 cm³/mol. The van der Waals surface area contributed by atoms with E-state index in [4.69, 9.17) is 4.74 Å². The Balaban J connectivity index is 1.85. The molecule has 3 nitrogen and oxygen atoms in total. The van der Waals surface area contributed by atoms with Crippen LogP contribution in [-0.4, -0.2) is 11.8 Å². The summed E-state index contributed by atoms with van der Waals surface area (Å²) < 4.78 is 5.57. The molecule has 0 spiro atoms. The third-order valence-corrected chi connectivity index (χ3v) is 4.07. The molecule has 2 aromatic carbocycles. The number of esters is 1. The highest BCUT2D eigenvalue weighted by Gasteiger charge is 2.32. The van der Waals surface area contributed by atoms with Crippen LogP contribution in [0.4, 0.5) is 0 Å². The summed E-state index contributed by atoms with van der Waals surface area (Å²) in [5.41, 5.74) is 1.27. The smallest absolute Gasteiger partial charge is 0.310 e. The minimum absolute atomic E-state index is 0.0465. The van der Waals surface area contributed by atoms with Gasteiger partial charge in [-0.1, -0.05) is 67.1 Å². The fraction of sp³-hybridized carbons (Fsp3) is 0.263. The Kier molecular flexibility index (Phi) is 4.33. The Hall–Kier alpha value is -2.42. The van der Waals surface area contributed by atoms with Crippen LogP contribution in [0, 0.1) is 5.92 Å².